The van der Waals surface area contributed by atoms with Crippen LogP contribution in [-0.2, 0) is 6.42 Å². The molecule has 22 heavy (non-hydrogen) atoms. The van der Waals surface area contributed by atoms with Crippen molar-refractivity contribution in [1.82, 2.24) is 9.97 Å². The van der Waals surface area contributed by atoms with Crippen molar-refractivity contribution in [2.24, 2.45) is 0 Å². The highest BCUT2D eigenvalue weighted by Gasteiger charge is 2.11. The number of hydrogen-bond donors (Lipinski definition) is 2. The molecule has 0 atom stereocenters. The number of benzene rings is 1. The summed E-state index contributed by atoms with van der Waals surface area (Å²) in [6.07, 6.45) is 0.652. The SMILES string of the molecule is COc1ccc(Cc2cc3c(=O)nc(N)[nH]c3s2)c(OC)c1. The van der Waals surface area contributed by atoms with E-state index in [2.05, 4.69) is 9.97 Å². The van der Waals surface area contributed by atoms with Crippen molar-refractivity contribution in [2.45, 2.75) is 6.42 Å². The summed E-state index contributed by atoms with van der Waals surface area (Å²) in [4.78, 5) is 20.2. The number of ether oxygens (including phenoxy) is 2. The normalized spacial score (nSPS) is 10.8. The van der Waals surface area contributed by atoms with Crippen LogP contribution in [0.3, 0.4) is 0 Å². The first-order chi connectivity index (χ1) is 10.6. The van der Waals surface area contributed by atoms with Gasteiger partial charge in [0.1, 0.15) is 16.3 Å². The van der Waals surface area contributed by atoms with Gasteiger partial charge >= 0.3 is 0 Å². The minimum absolute atomic E-state index is 0.132. The summed E-state index contributed by atoms with van der Waals surface area (Å²) < 4.78 is 10.6. The Kier molecular flexibility index (Phi) is 3.72. The Labute approximate surface area is 130 Å². The molecule has 3 aromatic rings. The van der Waals surface area contributed by atoms with Gasteiger partial charge in [-0.15, -0.1) is 11.3 Å². The maximum Gasteiger partial charge on any atom is 0.283 e. The largest absolute Gasteiger partial charge is 0.497 e. The third-order valence-corrected chi connectivity index (χ3v) is 4.39. The molecule has 7 heteroatoms. The van der Waals surface area contributed by atoms with E-state index < -0.39 is 0 Å². The monoisotopic (exact) mass is 317 g/mol. The second-order valence-electron chi connectivity index (χ2n) is 4.74. The van der Waals surface area contributed by atoms with Crippen molar-refractivity contribution in [3.8, 4) is 11.5 Å². The second kappa shape index (κ2) is 5.69. The quantitative estimate of drug-likeness (QED) is 0.769. The van der Waals surface area contributed by atoms with Crippen LogP contribution in [0.4, 0.5) is 5.95 Å². The lowest BCUT2D eigenvalue weighted by Crippen LogP contribution is -2.09. The third-order valence-electron chi connectivity index (χ3n) is 3.34. The number of nitrogens with zero attached hydrogens (tertiary/aromatic N) is 1. The minimum atomic E-state index is -0.310. The smallest absolute Gasteiger partial charge is 0.283 e. The lowest BCUT2D eigenvalue weighted by atomic mass is 10.1. The van der Waals surface area contributed by atoms with Crippen molar-refractivity contribution in [3.05, 3.63) is 45.1 Å². The van der Waals surface area contributed by atoms with Crippen LogP contribution in [-0.4, -0.2) is 24.2 Å². The number of hydrogen-bond acceptors (Lipinski definition) is 6. The molecule has 3 rings (SSSR count). The van der Waals surface area contributed by atoms with Crippen molar-refractivity contribution >= 4 is 27.5 Å². The summed E-state index contributed by atoms with van der Waals surface area (Å²) in [5.74, 6) is 1.62. The molecule has 0 radical (unpaired) electrons. The molecule has 0 saturated heterocycles. The number of aromatic nitrogens is 2. The number of nitrogen functional groups attached to an aromatic ring is 1. The van der Waals surface area contributed by atoms with Gasteiger partial charge in [0.15, 0.2) is 0 Å². The van der Waals surface area contributed by atoms with E-state index in [1.807, 2.05) is 24.3 Å². The standard InChI is InChI=1S/C15H15N3O3S/c1-20-9-4-3-8(12(6-9)21-2)5-10-7-11-13(19)17-15(16)18-14(11)22-10/h3-4,6-7H,5H2,1-2H3,(H3,16,17,18,19). The third kappa shape index (κ3) is 2.62. The number of H-pyrrole nitrogens is 1. The minimum Gasteiger partial charge on any atom is -0.497 e. The Morgan fingerprint density at radius 1 is 1.27 bits per heavy atom. The summed E-state index contributed by atoms with van der Waals surface area (Å²) >= 11 is 1.49. The van der Waals surface area contributed by atoms with Gasteiger partial charge in [0, 0.05) is 17.4 Å². The Morgan fingerprint density at radius 2 is 2.09 bits per heavy atom. The predicted molar refractivity (Wildman–Crippen MR) is 87.0 cm³/mol. The summed E-state index contributed by atoms with van der Waals surface area (Å²) in [7, 11) is 3.24. The first-order valence-corrected chi connectivity index (χ1v) is 7.41. The molecule has 1 aromatic carbocycles. The summed E-state index contributed by atoms with van der Waals surface area (Å²) in [6.45, 7) is 0. The summed E-state index contributed by atoms with van der Waals surface area (Å²) in [5.41, 5.74) is 6.28. The Balaban J connectivity index is 2.00. The average Bonchev–Trinajstić information content (AvgIpc) is 2.90. The van der Waals surface area contributed by atoms with Crippen LogP contribution >= 0.6 is 11.3 Å². The van der Waals surface area contributed by atoms with Gasteiger partial charge in [-0.05, 0) is 17.7 Å². The van der Waals surface area contributed by atoms with E-state index in [-0.39, 0.29) is 11.5 Å². The van der Waals surface area contributed by atoms with Crippen LogP contribution in [0.5, 0.6) is 11.5 Å². The fraction of sp³-hybridized carbons (Fsp3) is 0.200. The fourth-order valence-electron chi connectivity index (χ4n) is 2.28. The van der Waals surface area contributed by atoms with E-state index in [1.54, 1.807) is 14.2 Å². The van der Waals surface area contributed by atoms with Crippen LogP contribution < -0.4 is 20.8 Å². The number of nitrogens with two attached hydrogens (primary N) is 1. The molecule has 0 unspecified atom stereocenters. The molecule has 0 spiro atoms. The van der Waals surface area contributed by atoms with E-state index >= 15 is 0 Å². The van der Waals surface area contributed by atoms with Gasteiger partial charge in [-0.25, -0.2) is 0 Å². The highest BCUT2D eigenvalue weighted by molar-refractivity contribution is 7.18. The number of rotatable bonds is 4. The van der Waals surface area contributed by atoms with Gasteiger partial charge in [0.25, 0.3) is 5.56 Å². The summed E-state index contributed by atoms with van der Waals surface area (Å²) in [5, 5.41) is 0.557. The number of fused-ring (bicyclic) bond motifs is 1. The molecular formula is C15H15N3O3S. The lowest BCUT2D eigenvalue weighted by Gasteiger charge is -2.09. The highest BCUT2D eigenvalue weighted by atomic mass is 32.1. The van der Waals surface area contributed by atoms with Gasteiger partial charge in [-0.2, -0.15) is 4.98 Å². The predicted octanol–water partition coefficient (Wildman–Crippen LogP) is 2.17. The van der Waals surface area contributed by atoms with E-state index in [0.29, 0.717) is 11.8 Å². The number of anilines is 1. The maximum atomic E-state index is 11.8. The van der Waals surface area contributed by atoms with Crippen molar-refractivity contribution in [3.63, 3.8) is 0 Å². The average molecular weight is 317 g/mol. The van der Waals surface area contributed by atoms with Crippen LogP contribution in [0.15, 0.2) is 29.1 Å². The first kappa shape index (κ1) is 14.4. The summed E-state index contributed by atoms with van der Waals surface area (Å²) in [6, 6.07) is 7.52. The van der Waals surface area contributed by atoms with E-state index in [1.165, 1.54) is 11.3 Å². The van der Waals surface area contributed by atoms with Gasteiger partial charge in [-0.1, -0.05) is 6.07 Å². The van der Waals surface area contributed by atoms with Crippen molar-refractivity contribution < 1.29 is 9.47 Å². The molecule has 3 N–H and O–H groups in total. The maximum absolute atomic E-state index is 11.8. The van der Waals surface area contributed by atoms with E-state index in [9.17, 15) is 4.79 Å². The van der Waals surface area contributed by atoms with Crippen LogP contribution in [0.25, 0.3) is 10.2 Å². The van der Waals surface area contributed by atoms with Crippen LogP contribution in [0.2, 0.25) is 0 Å². The molecule has 0 aliphatic rings. The molecular weight excluding hydrogens is 302 g/mol. The zero-order chi connectivity index (χ0) is 15.7. The van der Waals surface area contributed by atoms with Gasteiger partial charge < -0.3 is 20.2 Å². The Morgan fingerprint density at radius 3 is 2.82 bits per heavy atom. The van der Waals surface area contributed by atoms with E-state index in [4.69, 9.17) is 15.2 Å². The molecule has 2 heterocycles. The molecule has 0 aliphatic carbocycles. The molecule has 0 amide bonds. The highest BCUT2D eigenvalue weighted by Crippen LogP contribution is 2.30. The van der Waals surface area contributed by atoms with Crippen LogP contribution in [0.1, 0.15) is 10.4 Å². The topological polar surface area (TPSA) is 90.2 Å². The first-order valence-electron chi connectivity index (χ1n) is 6.60. The second-order valence-corrected chi connectivity index (χ2v) is 5.87. The zero-order valence-corrected chi connectivity index (χ0v) is 13.0. The van der Waals surface area contributed by atoms with E-state index in [0.717, 1.165) is 26.8 Å². The van der Waals surface area contributed by atoms with Crippen molar-refractivity contribution in [2.75, 3.05) is 20.0 Å². The molecule has 2 aromatic heterocycles. The number of methoxy groups -OCH3 is 2. The molecule has 0 bridgehead atoms. The molecule has 6 nitrogen and oxygen atoms in total. The molecule has 0 aliphatic heterocycles. The Bertz CT molecular complexity index is 885. The van der Waals surface area contributed by atoms with Gasteiger partial charge in [-0.3, -0.25) is 4.79 Å². The number of thiophene rings is 1. The van der Waals surface area contributed by atoms with Gasteiger partial charge in [0.05, 0.1) is 19.6 Å². The lowest BCUT2D eigenvalue weighted by molar-refractivity contribution is 0.391. The number of aromatic amines is 1. The van der Waals surface area contributed by atoms with Gasteiger partial charge in [0.2, 0.25) is 5.95 Å². The number of nitrogens with one attached hydrogen (secondary N) is 1. The molecule has 114 valence electrons. The Hall–Kier alpha value is -2.54. The van der Waals surface area contributed by atoms with Crippen molar-refractivity contribution in [1.29, 1.82) is 0 Å². The molecule has 0 fully saturated rings. The molecule has 0 saturated carbocycles. The van der Waals surface area contributed by atoms with Crippen LogP contribution in [0, 0.1) is 0 Å². The fourth-order valence-corrected chi connectivity index (χ4v) is 3.36. The zero-order valence-electron chi connectivity index (χ0n) is 12.2.